The first-order valence-corrected chi connectivity index (χ1v) is 10.8. The number of hydrogen-bond acceptors (Lipinski definition) is 3. The van der Waals surface area contributed by atoms with Gasteiger partial charge in [0, 0.05) is 5.69 Å². The minimum atomic E-state index is 0.464. The Morgan fingerprint density at radius 2 is 1.69 bits per heavy atom. The summed E-state index contributed by atoms with van der Waals surface area (Å²) in [6.45, 7) is 4.15. The first-order chi connectivity index (χ1) is 12.6. The van der Waals surface area contributed by atoms with Gasteiger partial charge in [0.1, 0.15) is 0 Å². The van der Waals surface area contributed by atoms with Gasteiger partial charge in [-0.05, 0) is 99.3 Å². The van der Waals surface area contributed by atoms with Gasteiger partial charge in [-0.1, -0.05) is 17.4 Å². The molecule has 3 nitrogen and oxygen atoms in total. The molecule has 0 unspecified atom stereocenters. The molecule has 1 aromatic carbocycles. The molecule has 4 aliphatic rings. The second-order valence-electron chi connectivity index (χ2n) is 9.22. The fraction of sp³-hybridized carbons (Fsp3) is 0.545. The Labute approximate surface area is 158 Å². The van der Waals surface area contributed by atoms with Gasteiger partial charge in [0.2, 0.25) is 5.13 Å². The van der Waals surface area contributed by atoms with E-state index in [1.54, 1.807) is 16.9 Å². The maximum absolute atomic E-state index is 4.86. The molecule has 0 atom stereocenters. The smallest absolute Gasteiger partial charge is 0.211 e. The number of rotatable bonds is 2. The lowest BCUT2D eigenvalue weighted by Crippen LogP contribution is -2.48. The van der Waals surface area contributed by atoms with E-state index < -0.39 is 0 Å². The lowest BCUT2D eigenvalue weighted by molar-refractivity contribution is -0.00512. The van der Waals surface area contributed by atoms with Crippen LogP contribution in [0, 0.1) is 31.6 Å². The van der Waals surface area contributed by atoms with Gasteiger partial charge in [0.25, 0.3) is 0 Å². The number of hydrogen-bond donors (Lipinski definition) is 0. The molecule has 0 N–H and O–H groups in total. The Bertz CT molecular complexity index is 976. The average Bonchev–Trinajstić information content (AvgIpc) is 3.15. The van der Waals surface area contributed by atoms with Gasteiger partial charge in [0.05, 0.1) is 15.9 Å². The molecule has 4 bridgehead atoms. The van der Waals surface area contributed by atoms with Crippen molar-refractivity contribution in [1.29, 1.82) is 0 Å². The number of aromatic nitrogens is 3. The van der Waals surface area contributed by atoms with Crippen molar-refractivity contribution < 1.29 is 0 Å². The second-order valence-corrected chi connectivity index (χ2v) is 10.2. The van der Waals surface area contributed by atoms with E-state index in [1.807, 2.05) is 11.6 Å². The van der Waals surface area contributed by atoms with Crippen molar-refractivity contribution in [2.24, 2.45) is 17.8 Å². The monoisotopic (exact) mass is 363 g/mol. The van der Waals surface area contributed by atoms with Gasteiger partial charge in [0.15, 0.2) is 0 Å². The van der Waals surface area contributed by atoms with Crippen molar-refractivity contribution in [3.8, 4) is 5.13 Å². The highest BCUT2D eigenvalue weighted by molar-refractivity contribution is 7.20. The maximum Gasteiger partial charge on any atom is 0.211 e. The molecule has 0 amide bonds. The number of aryl methyl sites for hydroxylation is 2. The predicted octanol–water partition coefficient (Wildman–Crippen LogP) is 5.57. The van der Waals surface area contributed by atoms with E-state index in [4.69, 9.17) is 4.98 Å². The molecule has 2 heterocycles. The molecule has 2 aromatic heterocycles. The van der Waals surface area contributed by atoms with Crippen LogP contribution in [-0.2, 0) is 5.41 Å². The topological polar surface area (TPSA) is 30.7 Å². The van der Waals surface area contributed by atoms with Crippen LogP contribution in [0.15, 0.2) is 24.3 Å². The molecule has 3 aromatic rings. The van der Waals surface area contributed by atoms with Crippen LogP contribution in [0.25, 0.3) is 15.3 Å². The molecule has 0 aliphatic heterocycles. The summed E-state index contributed by atoms with van der Waals surface area (Å²) in [4.78, 5) is 4.86. The maximum atomic E-state index is 4.86. The van der Waals surface area contributed by atoms with E-state index in [2.05, 4.69) is 36.3 Å². The summed E-state index contributed by atoms with van der Waals surface area (Å²) in [6, 6.07) is 9.23. The van der Waals surface area contributed by atoms with Crippen molar-refractivity contribution in [2.75, 3.05) is 0 Å². The van der Waals surface area contributed by atoms with E-state index in [1.165, 1.54) is 43.2 Å². The van der Waals surface area contributed by atoms with Gasteiger partial charge in [-0.25, -0.2) is 9.67 Å². The van der Waals surface area contributed by atoms with Crippen LogP contribution >= 0.6 is 11.3 Å². The summed E-state index contributed by atoms with van der Waals surface area (Å²) in [7, 11) is 0. The average molecular weight is 364 g/mol. The summed E-state index contributed by atoms with van der Waals surface area (Å²) < 4.78 is 3.31. The molecule has 7 rings (SSSR count). The molecule has 4 aliphatic carbocycles. The molecule has 0 saturated heterocycles. The molecule has 26 heavy (non-hydrogen) atoms. The summed E-state index contributed by atoms with van der Waals surface area (Å²) in [6.07, 6.45) is 8.78. The van der Waals surface area contributed by atoms with Crippen molar-refractivity contribution in [3.63, 3.8) is 0 Å². The van der Waals surface area contributed by atoms with Crippen molar-refractivity contribution in [2.45, 2.75) is 57.8 Å². The van der Waals surface area contributed by atoms with Crippen LogP contribution in [0.5, 0.6) is 0 Å². The fourth-order valence-electron chi connectivity index (χ4n) is 6.62. The minimum Gasteiger partial charge on any atom is -0.218 e. The van der Waals surface area contributed by atoms with Crippen LogP contribution in [0.4, 0.5) is 0 Å². The van der Waals surface area contributed by atoms with Crippen molar-refractivity contribution in [1.82, 2.24) is 14.8 Å². The van der Waals surface area contributed by atoms with Crippen molar-refractivity contribution in [3.05, 3.63) is 41.2 Å². The highest BCUT2D eigenvalue weighted by Gasteiger charge is 2.51. The van der Waals surface area contributed by atoms with Crippen molar-refractivity contribution >= 4 is 21.6 Å². The van der Waals surface area contributed by atoms with Crippen LogP contribution in [0.3, 0.4) is 0 Å². The van der Waals surface area contributed by atoms with Gasteiger partial charge in [-0.15, -0.1) is 0 Å². The summed E-state index contributed by atoms with van der Waals surface area (Å²) in [5.74, 6) is 2.97. The Balaban J connectivity index is 1.43. The summed E-state index contributed by atoms with van der Waals surface area (Å²) in [5.41, 5.74) is 5.38. The molecular formula is C22H25N3S. The summed E-state index contributed by atoms with van der Waals surface area (Å²) in [5, 5.41) is 5.61. The van der Waals surface area contributed by atoms with Gasteiger partial charge >= 0.3 is 0 Å². The molecule has 0 spiro atoms. The van der Waals surface area contributed by atoms with E-state index >= 15 is 0 Å². The first-order valence-electron chi connectivity index (χ1n) is 10.0. The molecule has 4 heteroatoms. The van der Waals surface area contributed by atoms with Crippen LogP contribution < -0.4 is 0 Å². The highest BCUT2D eigenvalue weighted by Crippen LogP contribution is 2.60. The number of thiazole rings is 1. The van der Waals surface area contributed by atoms with Crippen LogP contribution in [0.1, 0.15) is 55.5 Å². The number of benzene rings is 1. The molecular weight excluding hydrogens is 338 g/mol. The number of nitrogens with zero attached hydrogens (tertiary/aromatic N) is 3. The van der Waals surface area contributed by atoms with Gasteiger partial charge in [-0.3, -0.25) is 0 Å². The molecule has 4 fully saturated rings. The lowest BCUT2D eigenvalue weighted by atomic mass is 9.48. The Morgan fingerprint density at radius 3 is 2.31 bits per heavy atom. The summed E-state index contributed by atoms with van der Waals surface area (Å²) >= 11 is 1.79. The molecule has 134 valence electrons. The predicted molar refractivity (Wildman–Crippen MR) is 106 cm³/mol. The third-order valence-corrected chi connectivity index (χ3v) is 8.21. The van der Waals surface area contributed by atoms with E-state index in [0.717, 1.165) is 39.8 Å². The third-order valence-electron chi connectivity index (χ3n) is 7.22. The van der Waals surface area contributed by atoms with E-state index in [-0.39, 0.29) is 0 Å². The molecule has 4 saturated carbocycles. The largest absolute Gasteiger partial charge is 0.218 e. The van der Waals surface area contributed by atoms with Gasteiger partial charge in [-0.2, -0.15) is 5.10 Å². The fourth-order valence-corrected chi connectivity index (χ4v) is 7.64. The SMILES string of the molecule is Cc1cc(C)n(-c2nc3ccc(C45CC6CC(CC(C6)C4)C5)cc3s2)n1. The van der Waals surface area contributed by atoms with Crippen LogP contribution in [-0.4, -0.2) is 14.8 Å². The highest BCUT2D eigenvalue weighted by atomic mass is 32.1. The van der Waals surface area contributed by atoms with E-state index in [9.17, 15) is 0 Å². The normalized spacial score (nSPS) is 32.6. The Hall–Kier alpha value is -1.68. The Morgan fingerprint density at radius 1 is 1.00 bits per heavy atom. The minimum absolute atomic E-state index is 0.464. The third kappa shape index (κ3) is 2.17. The lowest BCUT2D eigenvalue weighted by Gasteiger charge is -2.57. The zero-order chi connectivity index (χ0) is 17.5. The van der Waals surface area contributed by atoms with Gasteiger partial charge < -0.3 is 0 Å². The van der Waals surface area contributed by atoms with E-state index in [0.29, 0.717) is 5.41 Å². The standard InChI is InChI=1S/C22H25N3S/c1-13-5-14(2)25(24-13)21-23-19-4-3-18(9-20(19)26-21)22-10-15-6-16(11-22)8-17(7-15)12-22/h3-5,9,15-17H,6-8,10-12H2,1-2H3. The number of fused-ring (bicyclic) bond motifs is 1. The zero-order valence-corrected chi connectivity index (χ0v) is 16.4. The Kier molecular flexibility index (Phi) is 3.07. The molecule has 0 radical (unpaired) electrons. The zero-order valence-electron chi connectivity index (χ0n) is 15.5. The van der Waals surface area contributed by atoms with Crippen LogP contribution in [0.2, 0.25) is 0 Å². The first kappa shape index (κ1) is 15.4. The quantitative estimate of drug-likeness (QED) is 0.596. The second kappa shape index (κ2) is 5.19.